The maximum atomic E-state index is 13.0. The third kappa shape index (κ3) is 3.04. The largest absolute Gasteiger partial charge is 0.481 e. The molecule has 4 heterocycles. The first kappa shape index (κ1) is 18.5. The van der Waals surface area contributed by atoms with E-state index >= 15 is 0 Å². The predicted octanol–water partition coefficient (Wildman–Crippen LogP) is 0.0519. The monoisotopic (exact) mass is 388 g/mol. The Morgan fingerprint density at radius 1 is 1.21 bits per heavy atom. The fourth-order valence-electron chi connectivity index (χ4n) is 4.51. The molecule has 1 aromatic rings. The molecule has 9 nitrogen and oxygen atoms in total. The summed E-state index contributed by atoms with van der Waals surface area (Å²) in [4.78, 5) is 44.9. The number of nitrogens with one attached hydrogen (secondary N) is 1. The van der Waals surface area contributed by atoms with Crippen LogP contribution in [-0.4, -0.2) is 78.9 Å². The second-order valence-corrected chi connectivity index (χ2v) is 7.66. The molecule has 1 spiro atoms. The number of carbonyl (C=O) groups excluding carboxylic acids is 3. The third-order valence-electron chi connectivity index (χ3n) is 6.12. The second-order valence-electron chi connectivity index (χ2n) is 7.66. The van der Waals surface area contributed by atoms with E-state index in [4.69, 9.17) is 9.47 Å². The van der Waals surface area contributed by atoms with Crippen LogP contribution >= 0.6 is 0 Å². The highest BCUT2D eigenvalue weighted by Crippen LogP contribution is 2.44. The maximum absolute atomic E-state index is 13.0. The van der Waals surface area contributed by atoms with Gasteiger partial charge >= 0.3 is 0 Å². The summed E-state index contributed by atoms with van der Waals surface area (Å²) in [6.45, 7) is 1.83. The quantitative estimate of drug-likeness (QED) is 0.785. The van der Waals surface area contributed by atoms with E-state index in [9.17, 15) is 14.4 Å². The summed E-state index contributed by atoms with van der Waals surface area (Å²) in [7, 11) is 2.98. The molecular formula is C19H24N4O5. The lowest BCUT2D eigenvalue weighted by atomic mass is 9.76. The van der Waals surface area contributed by atoms with Gasteiger partial charge in [-0.25, -0.2) is 0 Å². The van der Waals surface area contributed by atoms with E-state index in [0.717, 1.165) is 12.8 Å². The van der Waals surface area contributed by atoms with Gasteiger partial charge in [0, 0.05) is 25.7 Å². The number of likely N-dealkylation sites (tertiary alicyclic amines) is 1. The van der Waals surface area contributed by atoms with Gasteiger partial charge in [0.25, 0.3) is 5.91 Å². The second kappa shape index (κ2) is 6.96. The van der Waals surface area contributed by atoms with Gasteiger partial charge in [-0.15, -0.1) is 0 Å². The zero-order valence-corrected chi connectivity index (χ0v) is 16.1. The van der Waals surface area contributed by atoms with Gasteiger partial charge in [-0.2, -0.15) is 4.98 Å². The minimum Gasteiger partial charge on any atom is -0.481 e. The van der Waals surface area contributed by atoms with E-state index in [0.29, 0.717) is 37.5 Å². The van der Waals surface area contributed by atoms with Gasteiger partial charge in [-0.05, 0) is 30.7 Å². The van der Waals surface area contributed by atoms with Crippen LogP contribution in [0.3, 0.4) is 0 Å². The molecule has 150 valence electrons. The Morgan fingerprint density at radius 2 is 1.96 bits per heavy atom. The number of pyridine rings is 1. The molecule has 0 bridgehead atoms. The fourth-order valence-corrected chi connectivity index (χ4v) is 4.51. The van der Waals surface area contributed by atoms with Crippen LogP contribution in [0.2, 0.25) is 0 Å². The number of carbonyl (C=O) groups is 3. The van der Waals surface area contributed by atoms with E-state index < -0.39 is 0 Å². The van der Waals surface area contributed by atoms with Crippen molar-refractivity contribution in [3.63, 3.8) is 0 Å². The van der Waals surface area contributed by atoms with Crippen LogP contribution in [0.15, 0.2) is 12.1 Å². The standard InChI is InChI=1S/C19H24N4O5/c1-27-14-4-3-12(17(21-14)28-2)18(26)22-7-5-19(6-8-22)9-13-16(25)20-10-15(24)23(13)11-19/h3-4,13H,5-11H2,1-2H3,(H,20,25). The van der Waals surface area contributed by atoms with E-state index in [2.05, 4.69) is 10.3 Å². The lowest BCUT2D eigenvalue weighted by molar-refractivity contribution is -0.143. The Morgan fingerprint density at radius 3 is 2.61 bits per heavy atom. The SMILES string of the molecule is COc1ccc(C(=O)N2CCC3(CC2)CC2C(=O)NCC(=O)N2C3)c(OC)n1. The first-order valence-electron chi connectivity index (χ1n) is 9.42. The molecule has 1 atom stereocenters. The van der Waals surface area contributed by atoms with Crippen molar-refractivity contribution in [1.82, 2.24) is 20.1 Å². The predicted molar refractivity (Wildman–Crippen MR) is 98.0 cm³/mol. The molecular weight excluding hydrogens is 364 g/mol. The number of rotatable bonds is 3. The van der Waals surface area contributed by atoms with Crippen molar-refractivity contribution in [3.05, 3.63) is 17.7 Å². The molecule has 28 heavy (non-hydrogen) atoms. The van der Waals surface area contributed by atoms with Crippen LogP contribution in [0.4, 0.5) is 0 Å². The van der Waals surface area contributed by atoms with Gasteiger partial charge in [0.2, 0.25) is 23.6 Å². The highest BCUT2D eigenvalue weighted by atomic mass is 16.5. The van der Waals surface area contributed by atoms with E-state index in [1.54, 1.807) is 21.9 Å². The number of amides is 3. The zero-order chi connectivity index (χ0) is 19.9. The summed E-state index contributed by atoms with van der Waals surface area (Å²) in [5.74, 6) is 0.408. The summed E-state index contributed by atoms with van der Waals surface area (Å²) in [6.07, 6.45) is 2.19. The van der Waals surface area contributed by atoms with Crippen LogP contribution in [0, 0.1) is 5.41 Å². The lowest BCUT2D eigenvalue weighted by Gasteiger charge is -2.39. The van der Waals surface area contributed by atoms with E-state index in [1.807, 2.05) is 0 Å². The average molecular weight is 388 g/mol. The summed E-state index contributed by atoms with van der Waals surface area (Å²) in [6, 6.07) is 2.94. The maximum Gasteiger partial charge on any atom is 0.259 e. The number of fused-ring (bicyclic) bond motifs is 1. The van der Waals surface area contributed by atoms with Crippen molar-refractivity contribution in [2.45, 2.75) is 25.3 Å². The van der Waals surface area contributed by atoms with Crippen molar-refractivity contribution >= 4 is 17.7 Å². The highest BCUT2D eigenvalue weighted by molar-refractivity contribution is 5.97. The number of methoxy groups -OCH3 is 2. The van der Waals surface area contributed by atoms with Crippen LogP contribution in [-0.2, 0) is 9.59 Å². The molecule has 3 aliphatic heterocycles. The summed E-state index contributed by atoms with van der Waals surface area (Å²) >= 11 is 0. The van der Waals surface area contributed by atoms with Crippen LogP contribution in [0.1, 0.15) is 29.6 Å². The minimum absolute atomic E-state index is 0.0194. The average Bonchev–Trinajstić information content (AvgIpc) is 3.10. The number of hydrogen-bond donors (Lipinski definition) is 1. The van der Waals surface area contributed by atoms with Crippen LogP contribution in [0.25, 0.3) is 0 Å². The number of piperazine rings is 1. The van der Waals surface area contributed by atoms with Gasteiger partial charge in [-0.3, -0.25) is 14.4 Å². The normalized spacial score (nSPS) is 23.4. The summed E-state index contributed by atoms with van der Waals surface area (Å²) in [5, 5.41) is 2.67. The van der Waals surface area contributed by atoms with Gasteiger partial charge < -0.3 is 24.6 Å². The van der Waals surface area contributed by atoms with Crippen molar-refractivity contribution in [2.75, 3.05) is 40.4 Å². The highest BCUT2D eigenvalue weighted by Gasteiger charge is 2.51. The topological polar surface area (TPSA) is 101 Å². The van der Waals surface area contributed by atoms with Gasteiger partial charge in [0.1, 0.15) is 11.6 Å². The summed E-state index contributed by atoms with van der Waals surface area (Å²) < 4.78 is 10.3. The van der Waals surface area contributed by atoms with Crippen LogP contribution < -0.4 is 14.8 Å². The number of hydrogen-bond acceptors (Lipinski definition) is 6. The van der Waals surface area contributed by atoms with Gasteiger partial charge in [-0.1, -0.05) is 0 Å². The molecule has 1 N–H and O–H groups in total. The molecule has 1 unspecified atom stereocenters. The smallest absolute Gasteiger partial charge is 0.259 e. The minimum atomic E-state index is -0.366. The van der Waals surface area contributed by atoms with Gasteiger partial charge in [0.05, 0.1) is 20.8 Å². The van der Waals surface area contributed by atoms with Crippen molar-refractivity contribution in [3.8, 4) is 11.8 Å². The summed E-state index contributed by atoms with van der Waals surface area (Å²) in [5.41, 5.74) is 0.304. The zero-order valence-electron chi connectivity index (χ0n) is 16.1. The molecule has 0 aromatic carbocycles. The molecule has 4 rings (SSSR count). The molecule has 9 heteroatoms. The lowest BCUT2D eigenvalue weighted by Crippen LogP contribution is -2.55. The van der Waals surface area contributed by atoms with Crippen LogP contribution in [0.5, 0.6) is 11.8 Å². The third-order valence-corrected chi connectivity index (χ3v) is 6.12. The van der Waals surface area contributed by atoms with E-state index in [1.165, 1.54) is 14.2 Å². The molecule has 0 saturated carbocycles. The Kier molecular flexibility index (Phi) is 4.60. The Bertz CT molecular complexity index is 793. The molecule has 3 aliphatic rings. The molecule has 3 amide bonds. The number of ether oxygens (including phenoxy) is 2. The molecule has 1 aromatic heterocycles. The van der Waals surface area contributed by atoms with E-state index in [-0.39, 0.29) is 41.6 Å². The van der Waals surface area contributed by atoms with Crippen molar-refractivity contribution in [2.24, 2.45) is 5.41 Å². The Hall–Kier alpha value is -2.84. The number of aromatic nitrogens is 1. The molecule has 3 fully saturated rings. The molecule has 0 radical (unpaired) electrons. The van der Waals surface area contributed by atoms with Crippen molar-refractivity contribution in [1.29, 1.82) is 0 Å². The molecule has 3 saturated heterocycles. The Balaban J connectivity index is 1.45. The first-order chi connectivity index (χ1) is 13.5. The van der Waals surface area contributed by atoms with Gasteiger partial charge in [0.15, 0.2) is 0 Å². The molecule has 0 aliphatic carbocycles. The fraction of sp³-hybridized carbons (Fsp3) is 0.579. The Labute approximate surface area is 163 Å². The number of piperidine rings is 1. The van der Waals surface area contributed by atoms with Crippen molar-refractivity contribution < 1.29 is 23.9 Å². The number of nitrogens with zero attached hydrogens (tertiary/aromatic N) is 3. The first-order valence-corrected chi connectivity index (χ1v) is 9.42.